The first-order valence-electron chi connectivity index (χ1n) is 10.6. The lowest BCUT2D eigenvalue weighted by Crippen LogP contribution is -2.24. The molecule has 0 radical (unpaired) electrons. The zero-order valence-electron chi connectivity index (χ0n) is 18.0. The number of nitrogens with zero attached hydrogens (tertiary/aromatic N) is 8. The Balaban J connectivity index is 1.56. The summed E-state index contributed by atoms with van der Waals surface area (Å²) in [6, 6.07) is 10.1. The van der Waals surface area contributed by atoms with E-state index in [1.54, 1.807) is 28.7 Å². The molecule has 32 heavy (non-hydrogen) atoms. The Labute approximate surface area is 185 Å². The van der Waals surface area contributed by atoms with Crippen molar-refractivity contribution in [3.63, 3.8) is 0 Å². The van der Waals surface area contributed by atoms with Crippen LogP contribution in [0.25, 0.3) is 28.0 Å². The summed E-state index contributed by atoms with van der Waals surface area (Å²) < 4.78 is 3.45. The number of aryl methyl sites for hydroxylation is 1. The third kappa shape index (κ3) is 4.73. The number of anilines is 1. The number of nitrogens with one attached hydrogen (secondary N) is 1. The Morgan fingerprint density at radius 1 is 1.19 bits per heavy atom. The number of aromatic nitrogens is 7. The van der Waals surface area contributed by atoms with Crippen LogP contribution in [0.15, 0.2) is 42.9 Å². The number of nitriles is 1. The molecule has 164 valence electrons. The predicted molar refractivity (Wildman–Crippen MR) is 120 cm³/mol. The molecule has 0 saturated carbocycles. The van der Waals surface area contributed by atoms with Crippen molar-refractivity contribution in [3.8, 4) is 22.9 Å². The molecule has 4 aromatic rings. The summed E-state index contributed by atoms with van der Waals surface area (Å²) >= 11 is 0. The molecule has 0 aliphatic heterocycles. The van der Waals surface area contributed by atoms with Crippen LogP contribution < -0.4 is 5.32 Å². The Kier molecular flexibility index (Phi) is 6.37. The molecule has 0 bridgehead atoms. The highest BCUT2D eigenvalue weighted by Gasteiger charge is 2.14. The molecule has 0 aliphatic rings. The van der Waals surface area contributed by atoms with Crippen LogP contribution in [0.4, 0.5) is 5.95 Å². The topological polar surface area (TPSA) is 130 Å². The highest BCUT2D eigenvalue weighted by Crippen LogP contribution is 2.22. The van der Waals surface area contributed by atoms with Crippen molar-refractivity contribution >= 4 is 17.1 Å². The van der Waals surface area contributed by atoms with E-state index in [2.05, 4.69) is 43.7 Å². The minimum Gasteiger partial charge on any atom is -0.393 e. The third-order valence-electron chi connectivity index (χ3n) is 5.18. The van der Waals surface area contributed by atoms with E-state index >= 15 is 0 Å². The summed E-state index contributed by atoms with van der Waals surface area (Å²) in [5.74, 6) is 0.481. The molecule has 3 aromatic heterocycles. The quantitative estimate of drug-likeness (QED) is 0.414. The molecule has 3 heterocycles. The molecule has 0 unspecified atom stereocenters. The normalized spacial score (nSPS) is 13.1. The molecule has 10 heteroatoms. The van der Waals surface area contributed by atoms with Gasteiger partial charge in [-0.3, -0.25) is 4.68 Å². The highest BCUT2D eigenvalue weighted by atomic mass is 16.3. The van der Waals surface area contributed by atoms with E-state index in [9.17, 15) is 5.11 Å². The molecule has 0 aliphatic carbocycles. The maximum absolute atomic E-state index is 9.68. The maximum Gasteiger partial charge on any atom is 0.225 e. The van der Waals surface area contributed by atoms with E-state index in [-0.39, 0.29) is 6.04 Å². The van der Waals surface area contributed by atoms with Gasteiger partial charge < -0.3 is 10.4 Å². The first kappa shape index (κ1) is 21.4. The lowest BCUT2D eigenvalue weighted by atomic mass is 10.1. The fourth-order valence-corrected chi connectivity index (χ4v) is 3.49. The van der Waals surface area contributed by atoms with E-state index in [4.69, 9.17) is 5.26 Å². The van der Waals surface area contributed by atoms with Crippen LogP contribution in [-0.4, -0.2) is 52.0 Å². The minimum atomic E-state index is -0.402. The van der Waals surface area contributed by atoms with Gasteiger partial charge in [-0.15, -0.1) is 5.10 Å². The minimum absolute atomic E-state index is 0.0742. The Morgan fingerprint density at radius 2 is 2.00 bits per heavy atom. The van der Waals surface area contributed by atoms with Gasteiger partial charge in [-0.05, 0) is 37.5 Å². The summed E-state index contributed by atoms with van der Waals surface area (Å²) in [5.41, 5.74) is 4.03. The predicted octanol–water partition coefficient (Wildman–Crippen LogP) is 2.95. The van der Waals surface area contributed by atoms with Gasteiger partial charge in [0.15, 0.2) is 11.2 Å². The summed E-state index contributed by atoms with van der Waals surface area (Å²) in [7, 11) is 0. The van der Waals surface area contributed by atoms with Crippen molar-refractivity contribution in [1.82, 2.24) is 34.7 Å². The van der Waals surface area contributed by atoms with Crippen LogP contribution >= 0.6 is 0 Å². The monoisotopic (exact) mass is 431 g/mol. The van der Waals surface area contributed by atoms with Crippen molar-refractivity contribution in [2.45, 2.75) is 51.8 Å². The summed E-state index contributed by atoms with van der Waals surface area (Å²) in [6.07, 6.45) is 6.85. The van der Waals surface area contributed by atoms with Gasteiger partial charge in [-0.25, -0.2) is 4.98 Å². The second-order valence-corrected chi connectivity index (χ2v) is 7.69. The highest BCUT2D eigenvalue weighted by molar-refractivity contribution is 5.72. The molecule has 1 aromatic carbocycles. The standard InChI is InChI=1S/C22H25N9O/c1-3-18(11-15(2)32)26-22-24-13-20-21(27-22)31(29-28-20)19-7-5-16(6-8-19)17-12-25-30(14-17)10-4-9-23/h5-8,12-15,18,32H,3-4,10-11H2,1-2H3,(H,24,26,27)/t15-,18-/m1/s1. The van der Waals surface area contributed by atoms with Crippen molar-refractivity contribution < 1.29 is 5.11 Å². The van der Waals surface area contributed by atoms with E-state index < -0.39 is 6.10 Å². The molecule has 2 atom stereocenters. The van der Waals surface area contributed by atoms with Crippen molar-refractivity contribution in [2.24, 2.45) is 0 Å². The van der Waals surface area contributed by atoms with Gasteiger partial charge in [-0.2, -0.15) is 20.0 Å². The number of fused-ring (bicyclic) bond motifs is 1. The van der Waals surface area contributed by atoms with Crippen LogP contribution in [0.3, 0.4) is 0 Å². The van der Waals surface area contributed by atoms with Gasteiger partial charge in [-0.1, -0.05) is 24.3 Å². The third-order valence-corrected chi connectivity index (χ3v) is 5.18. The molecule has 0 amide bonds. The fourth-order valence-electron chi connectivity index (χ4n) is 3.49. The van der Waals surface area contributed by atoms with Gasteiger partial charge in [0, 0.05) is 17.8 Å². The van der Waals surface area contributed by atoms with Crippen LogP contribution in [0.2, 0.25) is 0 Å². The van der Waals surface area contributed by atoms with E-state index in [1.165, 1.54) is 0 Å². The van der Waals surface area contributed by atoms with Crippen molar-refractivity contribution in [1.29, 1.82) is 5.26 Å². The van der Waals surface area contributed by atoms with Gasteiger partial charge in [0.25, 0.3) is 0 Å². The average Bonchev–Trinajstić information content (AvgIpc) is 3.44. The largest absolute Gasteiger partial charge is 0.393 e. The van der Waals surface area contributed by atoms with E-state index in [0.29, 0.717) is 36.5 Å². The Morgan fingerprint density at radius 3 is 2.72 bits per heavy atom. The zero-order chi connectivity index (χ0) is 22.5. The number of rotatable bonds is 9. The van der Waals surface area contributed by atoms with Crippen molar-refractivity contribution in [2.75, 3.05) is 5.32 Å². The first-order valence-corrected chi connectivity index (χ1v) is 10.6. The number of aliphatic hydroxyl groups excluding tert-OH is 1. The maximum atomic E-state index is 9.68. The van der Waals surface area contributed by atoms with E-state index in [0.717, 1.165) is 23.2 Å². The van der Waals surface area contributed by atoms with Crippen LogP contribution in [0, 0.1) is 11.3 Å². The molecular formula is C22H25N9O. The Bertz CT molecular complexity index is 1220. The molecule has 2 N–H and O–H groups in total. The molecule has 10 nitrogen and oxygen atoms in total. The van der Waals surface area contributed by atoms with E-state index in [1.807, 2.05) is 30.5 Å². The lowest BCUT2D eigenvalue weighted by molar-refractivity contribution is 0.176. The lowest BCUT2D eigenvalue weighted by Gasteiger charge is -2.18. The van der Waals surface area contributed by atoms with Gasteiger partial charge in [0.1, 0.15) is 0 Å². The zero-order valence-corrected chi connectivity index (χ0v) is 18.0. The molecule has 4 rings (SSSR count). The van der Waals surface area contributed by atoms with Gasteiger partial charge in [0.2, 0.25) is 5.95 Å². The average molecular weight is 432 g/mol. The summed E-state index contributed by atoms with van der Waals surface area (Å²) in [4.78, 5) is 8.95. The SMILES string of the molecule is CC[C@H](C[C@@H](C)O)Nc1ncc2nnn(-c3ccc(-c4cnn(CCC#N)c4)cc3)c2n1. The van der Waals surface area contributed by atoms with Crippen LogP contribution in [0.5, 0.6) is 0 Å². The first-order chi connectivity index (χ1) is 15.6. The second kappa shape index (κ2) is 9.53. The molecular weight excluding hydrogens is 406 g/mol. The van der Waals surface area contributed by atoms with Crippen molar-refractivity contribution in [3.05, 3.63) is 42.9 Å². The fraction of sp³-hybridized carbons (Fsp3) is 0.364. The number of benzene rings is 1. The second-order valence-electron chi connectivity index (χ2n) is 7.69. The van der Waals surface area contributed by atoms with Gasteiger partial charge in [0.05, 0.1) is 43.2 Å². The summed E-state index contributed by atoms with van der Waals surface area (Å²) in [6.45, 7) is 4.40. The number of hydrogen-bond donors (Lipinski definition) is 2. The Hall–Kier alpha value is -3.84. The van der Waals surface area contributed by atoms with Crippen LogP contribution in [-0.2, 0) is 6.54 Å². The molecule has 0 spiro atoms. The number of hydrogen-bond acceptors (Lipinski definition) is 8. The van der Waals surface area contributed by atoms with Gasteiger partial charge >= 0.3 is 0 Å². The number of aliphatic hydroxyl groups is 1. The van der Waals surface area contributed by atoms with Crippen LogP contribution in [0.1, 0.15) is 33.1 Å². The molecule has 0 fully saturated rings. The summed E-state index contributed by atoms with van der Waals surface area (Å²) in [5, 5.41) is 34.4. The smallest absolute Gasteiger partial charge is 0.225 e. The molecule has 0 saturated heterocycles.